The van der Waals surface area contributed by atoms with Crippen LogP contribution in [0.1, 0.15) is 16.1 Å². The number of ether oxygens (including phenoxy) is 2. The van der Waals surface area contributed by atoms with E-state index < -0.39 is 16.6 Å². The van der Waals surface area contributed by atoms with E-state index in [1.165, 1.54) is 20.4 Å². The molecule has 2 aromatic rings. The summed E-state index contributed by atoms with van der Waals surface area (Å²) in [5, 5.41) is 14.4. The molecule has 0 unspecified atom stereocenters. The molecule has 0 aliphatic carbocycles. The minimum absolute atomic E-state index is 0.348. The number of H-pyrrole nitrogens is 1. The van der Waals surface area contributed by atoms with Gasteiger partial charge in [-0.15, -0.1) is 0 Å². The quantitative estimate of drug-likeness (QED) is 0.465. The van der Waals surface area contributed by atoms with E-state index in [-0.39, 0.29) is 5.69 Å². The molecular weight excluding hydrogens is 306 g/mol. The predicted molar refractivity (Wildman–Crippen MR) is 79.8 cm³/mol. The van der Waals surface area contributed by atoms with Gasteiger partial charge in [-0.05, 0) is 28.7 Å². The molecule has 23 heavy (non-hydrogen) atoms. The first-order chi connectivity index (χ1) is 11.1. The zero-order valence-corrected chi connectivity index (χ0v) is 12.3. The zero-order chi connectivity index (χ0) is 16.8. The van der Waals surface area contributed by atoms with Crippen LogP contribution in [0.25, 0.3) is 0 Å². The first kappa shape index (κ1) is 15.9. The van der Waals surface area contributed by atoms with Crippen molar-refractivity contribution >= 4 is 17.9 Å². The summed E-state index contributed by atoms with van der Waals surface area (Å²) in [5.41, 5.74) is 2.46. The topological polar surface area (TPSA) is 132 Å². The highest BCUT2D eigenvalue weighted by atomic mass is 16.6. The van der Waals surface area contributed by atoms with E-state index in [4.69, 9.17) is 9.47 Å². The molecule has 120 valence electrons. The van der Waals surface area contributed by atoms with Crippen molar-refractivity contribution < 1.29 is 19.2 Å². The van der Waals surface area contributed by atoms with Crippen LogP contribution >= 0.6 is 0 Å². The number of hydrogen-bond donors (Lipinski definition) is 2. The lowest BCUT2D eigenvalue weighted by Crippen LogP contribution is -2.19. The molecule has 1 amide bonds. The van der Waals surface area contributed by atoms with Crippen LogP contribution < -0.4 is 14.9 Å². The molecule has 1 aromatic heterocycles. The van der Waals surface area contributed by atoms with Crippen LogP contribution in [0.2, 0.25) is 0 Å². The van der Waals surface area contributed by atoms with Crippen molar-refractivity contribution in [2.45, 2.75) is 0 Å². The Morgan fingerprint density at radius 1 is 1.39 bits per heavy atom. The molecule has 1 aromatic carbocycles. The van der Waals surface area contributed by atoms with Crippen molar-refractivity contribution in [3.63, 3.8) is 0 Å². The van der Waals surface area contributed by atoms with E-state index in [0.717, 1.165) is 6.33 Å². The summed E-state index contributed by atoms with van der Waals surface area (Å²) in [6.45, 7) is 0. The minimum atomic E-state index is -0.797. The SMILES string of the molecule is COc1ccc(/C=N/NC(=O)c2nc[nH]c2[N+](=O)[O-])cc1OC. The monoisotopic (exact) mass is 319 g/mol. The molecule has 0 radical (unpaired) electrons. The lowest BCUT2D eigenvalue weighted by Gasteiger charge is -2.07. The number of hydrazone groups is 1. The minimum Gasteiger partial charge on any atom is -0.493 e. The fourth-order valence-electron chi connectivity index (χ4n) is 1.74. The highest BCUT2D eigenvalue weighted by Gasteiger charge is 2.21. The summed E-state index contributed by atoms with van der Waals surface area (Å²) in [6, 6.07) is 5.04. The maximum absolute atomic E-state index is 11.8. The maximum Gasteiger partial charge on any atom is 0.353 e. The number of carbonyl (C=O) groups is 1. The van der Waals surface area contributed by atoms with E-state index in [9.17, 15) is 14.9 Å². The smallest absolute Gasteiger partial charge is 0.353 e. The van der Waals surface area contributed by atoms with E-state index in [2.05, 4.69) is 20.5 Å². The number of nitro groups is 1. The molecule has 0 aliphatic rings. The van der Waals surface area contributed by atoms with Gasteiger partial charge in [-0.1, -0.05) is 0 Å². The van der Waals surface area contributed by atoms with Gasteiger partial charge in [-0.3, -0.25) is 4.79 Å². The van der Waals surface area contributed by atoms with Crippen molar-refractivity contribution in [2.24, 2.45) is 5.10 Å². The van der Waals surface area contributed by atoms with E-state index in [1.807, 2.05) is 0 Å². The molecule has 0 spiro atoms. The third-order valence-corrected chi connectivity index (χ3v) is 2.80. The number of methoxy groups -OCH3 is 2. The molecule has 1 heterocycles. The van der Waals surface area contributed by atoms with Crippen molar-refractivity contribution in [2.75, 3.05) is 14.2 Å². The van der Waals surface area contributed by atoms with Crippen molar-refractivity contribution in [3.05, 3.63) is 45.9 Å². The Morgan fingerprint density at radius 3 is 2.78 bits per heavy atom. The number of carbonyl (C=O) groups excluding carboxylic acids is 1. The number of nitrogens with one attached hydrogen (secondary N) is 2. The van der Waals surface area contributed by atoms with Crippen LogP contribution in [0.15, 0.2) is 29.6 Å². The number of amides is 1. The molecular formula is C13H13N5O5. The number of aromatic amines is 1. The van der Waals surface area contributed by atoms with Crippen LogP contribution in [0.4, 0.5) is 5.82 Å². The normalized spacial score (nSPS) is 10.5. The average Bonchev–Trinajstić information content (AvgIpc) is 3.04. The van der Waals surface area contributed by atoms with Gasteiger partial charge >= 0.3 is 5.82 Å². The van der Waals surface area contributed by atoms with Crippen molar-refractivity contribution in [3.8, 4) is 11.5 Å². The van der Waals surface area contributed by atoms with Crippen LogP contribution in [-0.4, -0.2) is 41.2 Å². The Bertz CT molecular complexity index is 755. The van der Waals surface area contributed by atoms with Gasteiger partial charge in [-0.25, -0.2) is 15.4 Å². The molecule has 2 rings (SSSR count). The number of benzene rings is 1. The maximum atomic E-state index is 11.8. The number of nitrogens with zero attached hydrogens (tertiary/aromatic N) is 3. The van der Waals surface area contributed by atoms with Gasteiger partial charge in [0.2, 0.25) is 5.69 Å². The Morgan fingerprint density at radius 2 is 2.13 bits per heavy atom. The van der Waals surface area contributed by atoms with E-state index >= 15 is 0 Å². The van der Waals surface area contributed by atoms with E-state index in [1.54, 1.807) is 18.2 Å². The van der Waals surface area contributed by atoms with Crippen molar-refractivity contribution in [1.82, 2.24) is 15.4 Å². The predicted octanol–water partition coefficient (Wildman–Crippen LogP) is 1.10. The van der Waals surface area contributed by atoms with Crippen LogP contribution in [0.3, 0.4) is 0 Å². The molecule has 0 fully saturated rings. The number of rotatable bonds is 6. The zero-order valence-electron chi connectivity index (χ0n) is 12.3. The van der Waals surface area contributed by atoms with Gasteiger partial charge in [0.25, 0.3) is 5.91 Å². The second-order valence-electron chi connectivity index (χ2n) is 4.17. The van der Waals surface area contributed by atoms with Gasteiger partial charge < -0.3 is 19.6 Å². The van der Waals surface area contributed by atoms with E-state index in [0.29, 0.717) is 17.1 Å². The Balaban J connectivity index is 2.08. The molecule has 10 heteroatoms. The summed E-state index contributed by atoms with van der Waals surface area (Å²) >= 11 is 0. The molecule has 2 N–H and O–H groups in total. The highest BCUT2D eigenvalue weighted by molar-refractivity contribution is 5.96. The Labute approximate surface area is 130 Å². The summed E-state index contributed by atoms with van der Waals surface area (Å²) in [7, 11) is 3.01. The number of aromatic nitrogens is 2. The third-order valence-electron chi connectivity index (χ3n) is 2.80. The van der Waals surface area contributed by atoms with Gasteiger partial charge in [0, 0.05) is 0 Å². The second kappa shape index (κ2) is 7.02. The fraction of sp³-hybridized carbons (Fsp3) is 0.154. The molecule has 0 bridgehead atoms. The highest BCUT2D eigenvalue weighted by Crippen LogP contribution is 2.26. The number of hydrogen-bond acceptors (Lipinski definition) is 7. The van der Waals surface area contributed by atoms with Crippen LogP contribution in [0.5, 0.6) is 11.5 Å². The lowest BCUT2D eigenvalue weighted by molar-refractivity contribution is -0.389. The van der Waals surface area contributed by atoms with Gasteiger partial charge in [0.1, 0.15) is 0 Å². The first-order valence-corrected chi connectivity index (χ1v) is 6.30. The van der Waals surface area contributed by atoms with Crippen molar-refractivity contribution in [1.29, 1.82) is 0 Å². The Kier molecular flexibility index (Phi) is 4.87. The van der Waals surface area contributed by atoms with Gasteiger partial charge in [0.15, 0.2) is 17.8 Å². The molecule has 10 nitrogen and oxygen atoms in total. The molecule has 0 saturated carbocycles. The first-order valence-electron chi connectivity index (χ1n) is 6.30. The summed E-state index contributed by atoms with van der Waals surface area (Å²) in [4.78, 5) is 27.6. The summed E-state index contributed by atoms with van der Waals surface area (Å²) < 4.78 is 10.2. The summed E-state index contributed by atoms with van der Waals surface area (Å²) in [6.07, 6.45) is 2.42. The van der Waals surface area contributed by atoms with Gasteiger partial charge in [-0.2, -0.15) is 5.10 Å². The van der Waals surface area contributed by atoms with Crippen LogP contribution in [-0.2, 0) is 0 Å². The molecule has 0 aliphatic heterocycles. The Hall–Kier alpha value is -3.43. The lowest BCUT2D eigenvalue weighted by atomic mass is 10.2. The molecule has 0 atom stereocenters. The standard InChI is InChI=1S/C13H13N5O5/c1-22-9-4-3-8(5-10(9)23-2)6-16-17-13(19)11-12(18(20)21)15-7-14-11/h3-7H,1-2H3,(H,14,15)(H,17,19)/b16-6+. The van der Waals surface area contributed by atoms with Gasteiger partial charge in [0.05, 0.1) is 20.4 Å². The number of imidazole rings is 1. The third kappa shape index (κ3) is 3.61. The molecule has 0 saturated heterocycles. The largest absolute Gasteiger partial charge is 0.493 e. The summed E-state index contributed by atoms with van der Waals surface area (Å²) in [5.74, 6) is -0.231. The second-order valence-corrected chi connectivity index (χ2v) is 4.17. The van der Waals surface area contributed by atoms with Crippen LogP contribution in [0, 0.1) is 10.1 Å². The average molecular weight is 319 g/mol. The fourth-order valence-corrected chi connectivity index (χ4v) is 1.74.